The van der Waals surface area contributed by atoms with Gasteiger partial charge >= 0.3 is 5.97 Å². The molecule has 2 unspecified atom stereocenters. The summed E-state index contributed by atoms with van der Waals surface area (Å²) < 4.78 is 5.47. The van der Waals surface area contributed by atoms with Crippen molar-refractivity contribution >= 4 is 11.9 Å². The Balaban J connectivity index is 3.45. The van der Waals surface area contributed by atoms with Crippen LogP contribution in [0.25, 0.3) is 0 Å². The predicted octanol–water partition coefficient (Wildman–Crippen LogP) is 20.4. The molecule has 6 heteroatoms. The van der Waals surface area contributed by atoms with Crippen LogP contribution in [0, 0.1) is 0 Å². The van der Waals surface area contributed by atoms with E-state index >= 15 is 0 Å². The highest BCUT2D eigenvalue weighted by Crippen LogP contribution is 2.17. The average molecular weight is 1010 g/mol. The van der Waals surface area contributed by atoms with Crippen LogP contribution in [0.4, 0.5) is 0 Å². The molecule has 0 spiro atoms. The van der Waals surface area contributed by atoms with Crippen molar-refractivity contribution < 1.29 is 24.5 Å². The second-order valence-corrected chi connectivity index (χ2v) is 22.1. The second-order valence-electron chi connectivity index (χ2n) is 22.1. The molecule has 0 aromatic heterocycles. The highest BCUT2D eigenvalue weighted by atomic mass is 16.5. The fraction of sp³-hybridized carbons (Fsp3) is 0.879. The molecular formula is C66H125NO5. The lowest BCUT2D eigenvalue weighted by Crippen LogP contribution is -2.45. The summed E-state index contributed by atoms with van der Waals surface area (Å²) in [5.41, 5.74) is 0. The number of aliphatic hydroxyl groups excluding tert-OH is 2. The molecule has 1 amide bonds. The van der Waals surface area contributed by atoms with E-state index in [2.05, 4.69) is 43.5 Å². The van der Waals surface area contributed by atoms with Crippen LogP contribution >= 0.6 is 0 Å². The number of unbranched alkanes of at least 4 members (excludes halogenated alkanes) is 45. The standard InChI is InChI=1S/C66H125NO5/c1-3-5-7-9-11-13-15-17-18-19-20-25-28-31-35-38-42-46-50-54-58-64(69)63(62-68)67-65(70)59-55-51-47-43-39-36-32-29-26-23-21-22-24-27-30-33-37-41-45-49-53-57-61-72-66(71)60-56-52-48-44-40-34-16-14-12-10-8-6-4-2/h14,16,23,26,54,58,63-64,68-69H,3-13,15,17-22,24-25,27-53,55-57,59-62H2,1-2H3,(H,67,70)/b16-14-,26-23-,58-54+. The first-order valence-electron chi connectivity index (χ1n) is 32.3. The quantitative estimate of drug-likeness (QED) is 0.0320. The van der Waals surface area contributed by atoms with Gasteiger partial charge in [-0.05, 0) is 83.5 Å². The minimum atomic E-state index is -0.850. The minimum Gasteiger partial charge on any atom is -0.466 e. The van der Waals surface area contributed by atoms with E-state index in [-0.39, 0.29) is 18.5 Å². The molecule has 0 saturated carbocycles. The van der Waals surface area contributed by atoms with Crippen molar-refractivity contribution in [2.24, 2.45) is 0 Å². The lowest BCUT2D eigenvalue weighted by molar-refractivity contribution is -0.143. The van der Waals surface area contributed by atoms with Gasteiger partial charge in [-0.1, -0.05) is 288 Å². The maximum absolute atomic E-state index is 12.5. The van der Waals surface area contributed by atoms with E-state index in [9.17, 15) is 19.8 Å². The molecule has 0 aromatic carbocycles. The van der Waals surface area contributed by atoms with Gasteiger partial charge < -0.3 is 20.3 Å². The van der Waals surface area contributed by atoms with E-state index in [0.29, 0.717) is 19.4 Å². The van der Waals surface area contributed by atoms with Crippen molar-refractivity contribution in [1.29, 1.82) is 0 Å². The van der Waals surface area contributed by atoms with Crippen molar-refractivity contribution in [1.82, 2.24) is 5.32 Å². The predicted molar refractivity (Wildman–Crippen MR) is 315 cm³/mol. The van der Waals surface area contributed by atoms with E-state index in [1.807, 2.05) is 6.08 Å². The Bertz CT molecular complexity index is 1170. The normalized spacial score (nSPS) is 12.8. The van der Waals surface area contributed by atoms with E-state index in [1.165, 1.54) is 270 Å². The summed E-state index contributed by atoms with van der Waals surface area (Å²) in [7, 11) is 0. The van der Waals surface area contributed by atoms with Crippen molar-refractivity contribution in [2.75, 3.05) is 13.2 Å². The van der Waals surface area contributed by atoms with Gasteiger partial charge in [0.1, 0.15) is 0 Å². The molecule has 3 N–H and O–H groups in total. The van der Waals surface area contributed by atoms with E-state index < -0.39 is 12.1 Å². The Kier molecular flexibility index (Phi) is 60.0. The van der Waals surface area contributed by atoms with E-state index in [0.717, 1.165) is 51.4 Å². The number of carbonyl (C=O) groups is 2. The summed E-state index contributed by atoms with van der Waals surface area (Å²) in [4.78, 5) is 24.5. The van der Waals surface area contributed by atoms with E-state index in [1.54, 1.807) is 6.08 Å². The van der Waals surface area contributed by atoms with Gasteiger partial charge in [-0.25, -0.2) is 0 Å². The van der Waals surface area contributed by atoms with Crippen LogP contribution in [0.3, 0.4) is 0 Å². The monoisotopic (exact) mass is 1010 g/mol. The van der Waals surface area contributed by atoms with Crippen LogP contribution in [0.5, 0.6) is 0 Å². The number of hydrogen-bond donors (Lipinski definition) is 3. The van der Waals surface area contributed by atoms with Gasteiger partial charge in [-0.15, -0.1) is 0 Å². The summed E-state index contributed by atoms with van der Waals surface area (Å²) in [5, 5.41) is 23.2. The Labute approximate surface area is 449 Å². The molecule has 0 aromatic rings. The Morgan fingerprint density at radius 3 is 1.00 bits per heavy atom. The third kappa shape index (κ3) is 57.4. The Morgan fingerprint density at radius 1 is 0.375 bits per heavy atom. The summed E-state index contributed by atoms with van der Waals surface area (Å²) in [6.45, 7) is 4.90. The van der Waals surface area contributed by atoms with Crippen LogP contribution in [0.1, 0.15) is 348 Å². The van der Waals surface area contributed by atoms with Gasteiger partial charge in [0.2, 0.25) is 5.91 Å². The molecule has 0 bridgehead atoms. The van der Waals surface area contributed by atoms with Crippen molar-refractivity contribution in [2.45, 2.75) is 360 Å². The molecule has 0 rings (SSSR count). The molecular weight excluding hydrogens is 887 g/mol. The molecule has 0 aliphatic carbocycles. The summed E-state index contributed by atoms with van der Waals surface area (Å²) >= 11 is 0. The highest BCUT2D eigenvalue weighted by molar-refractivity contribution is 5.76. The maximum atomic E-state index is 12.5. The number of allylic oxidation sites excluding steroid dienone is 5. The molecule has 72 heavy (non-hydrogen) atoms. The van der Waals surface area contributed by atoms with Crippen molar-refractivity contribution in [3.8, 4) is 0 Å². The lowest BCUT2D eigenvalue weighted by atomic mass is 10.0. The lowest BCUT2D eigenvalue weighted by Gasteiger charge is -2.20. The second kappa shape index (κ2) is 61.6. The van der Waals surface area contributed by atoms with Gasteiger partial charge in [0.15, 0.2) is 0 Å². The number of aliphatic hydroxyl groups is 2. The zero-order valence-corrected chi connectivity index (χ0v) is 48.4. The number of nitrogens with one attached hydrogen (secondary N) is 1. The van der Waals surface area contributed by atoms with E-state index in [4.69, 9.17) is 4.74 Å². The van der Waals surface area contributed by atoms with Crippen molar-refractivity contribution in [3.05, 3.63) is 36.5 Å². The molecule has 0 heterocycles. The fourth-order valence-electron chi connectivity index (χ4n) is 9.92. The molecule has 6 nitrogen and oxygen atoms in total. The Morgan fingerprint density at radius 2 is 0.653 bits per heavy atom. The van der Waals surface area contributed by atoms with Crippen LogP contribution in [-0.2, 0) is 14.3 Å². The molecule has 0 saturated heterocycles. The van der Waals surface area contributed by atoms with Gasteiger partial charge in [0.25, 0.3) is 0 Å². The fourth-order valence-corrected chi connectivity index (χ4v) is 9.92. The molecule has 2 atom stereocenters. The van der Waals surface area contributed by atoms with Gasteiger partial charge in [0.05, 0.1) is 25.4 Å². The summed E-state index contributed by atoms with van der Waals surface area (Å²) in [6.07, 6.45) is 77.6. The van der Waals surface area contributed by atoms with Gasteiger partial charge in [-0.3, -0.25) is 9.59 Å². The number of carbonyl (C=O) groups excluding carboxylic acids is 2. The van der Waals surface area contributed by atoms with Crippen LogP contribution in [-0.4, -0.2) is 47.4 Å². The molecule has 0 radical (unpaired) electrons. The maximum Gasteiger partial charge on any atom is 0.305 e. The van der Waals surface area contributed by atoms with Crippen LogP contribution in [0.15, 0.2) is 36.5 Å². The van der Waals surface area contributed by atoms with Crippen LogP contribution < -0.4 is 5.32 Å². The highest BCUT2D eigenvalue weighted by Gasteiger charge is 2.18. The zero-order valence-electron chi connectivity index (χ0n) is 48.4. The van der Waals surface area contributed by atoms with Crippen LogP contribution in [0.2, 0.25) is 0 Å². The number of ether oxygens (including phenoxy) is 1. The topological polar surface area (TPSA) is 95.9 Å². The summed E-state index contributed by atoms with van der Waals surface area (Å²) in [5.74, 6) is -0.0722. The van der Waals surface area contributed by atoms with Gasteiger partial charge in [0, 0.05) is 12.8 Å². The molecule has 424 valence electrons. The third-order valence-corrected chi connectivity index (χ3v) is 14.9. The smallest absolute Gasteiger partial charge is 0.305 e. The van der Waals surface area contributed by atoms with Crippen molar-refractivity contribution in [3.63, 3.8) is 0 Å². The van der Waals surface area contributed by atoms with Gasteiger partial charge in [-0.2, -0.15) is 0 Å². The number of esters is 1. The molecule has 0 aliphatic heterocycles. The largest absolute Gasteiger partial charge is 0.466 e. The zero-order chi connectivity index (χ0) is 52.2. The minimum absolute atomic E-state index is 0.000280. The number of amides is 1. The molecule has 0 fully saturated rings. The first-order valence-corrected chi connectivity index (χ1v) is 32.3. The number of hydrogen-bond acceptors (Lipinski definition) is 5. The molecule has 0 aliphatic rings. The number of rotatable bonds is 60. The Hall–Kier alpha value is -1.92. The first kappa shape index (κ1) is 70.1. The SMILES string of the molecule is CCCCCC/C=C\CCCCCCCC(=O)OCCCCCCCCCCCCC/C=C\CCCCCCCCCC(=O)NC(CO)C(O)/C=C/CCCCCCCCCCCCCCCCCCCC. The first-order chi connectivity index (χ1) is 35.5. The average Bonchev–Trinajstić information content (AvgIpc) is 3.38. The summed E-state index contributed by atoms with van der Waals surface area (Å²) in [6, 6.07) is -0.634. The third-order valence-electron chi connectivity index (χ3n) is 14.9.